The van der Waals surface area contributed by atoms with Gasteiger partial charge in [0.2, 0.25) is 5.95 Å². The first kappa shape index (κ1) is 10.4. The van der Waals surface area contributed by atoms with Gasteiger partial charge in [-0.15, -0.1) is 0 Å². The van der Waals surface area contributed by atoms with Crippen LogP contribution in [0.15, 0.2) is 41.1 Å². The standard InChI is InChI=1S/C10H7BrClN3/c11-7-2-1-3-9(4-7)15-10-13-5-8(12)6-14-10/h1-6H,(H,13,14,15). The Morgan fingerprint density at radius 3 is 2.60 bits per heavy atom. The summed E-state index contributed by atoms with van der Waals surface area (Å²) in [5, 5.41) is 3.58. The lowest BCUT2D eigenvalue weighted by Crippen LogP contribution is -1.95. The fourth-order valence-corrected chi connectivity index (χ4v) is 1.57. The molecular formula is C10H7BrClN3. The van der Waals surface area contributed by atoms with E-state index < -0.39 is 0 Å². The number of aromatic nitrogens is 2. The molecule has 0 radical (unpaired) electrons. The van der Waals surface area contributed by atoms with Crippen molar-refractivity contribution < 1.29 is 0 Å². The summed E-state index contributed by atoms with van der Waals surface area (Å²) in [6.45, 7) is 0. The van der Waals surface area contributed by atoms with Crippen molar-refractivity contribution in [2.75, 3.05) is 5.32 Å². The van der Waals surface area contributed by atoms with E-state index in [1.807, 2.05) is 24.3 Å². The van der Waals surface area contributed by atoms with Crippen LogP contribution in [-0.2, 0) is 0 Å². The van der Waals surface area contributed by atoms with Crippen LogP contribution in [0.3, 0.4) is 0 Å². The van der Waals surface area contributed by atoms with E-state index >= 15 is 0 Å². The topological polar surface area (TPSA) is 37.8 Å². The lowest BCUT2D eigenvalue weighted by atomic mass is 10.3. The molecule has 1 aromatic carbocycles. The minimum atomic E-state index is 0.523. The molecule has 1 heterocycles. The van der Waals surface area contributed by atoms with Gasteiger partial charge < -0.3 is 5.32 Å². The molecule has 0 atom stereocenters. The van der Waals surface area contributed by atoms with Crippen LogP contribution in [0.4, 0.5) is 11.6 Å². The quantitative estimate of drug-likeness (QED) is 0.915. The van der Waals surface area contributed by atoms with Crippen molar-refractivity contribution in [3.63, 3.8) is 0 Å². The molecule has 5 heteroatoms. The van der Waals surface area contributed by atoms with E-state index in [0.29, 0.717) is 11.0 Å². The highest BCUT2D eigenvalue weighted by Crippen LogP contribution is 2.18. The molecule has 3 nitrogen and oxygen atoms in total. The van der Waals surface area contributed by atoms with E-state index in [0.717, 1.165) is 10.2 Å². The summed E-state index contributed by atoms with van der Waals surface area (Å²) in [6.07, 6.45) is 3.10. The summed E-state index contributed by atoms with van der Waals surface area (Å²) in [5.74, 6) is 0.525. The molecule has 0 amide bonds. The number of anilines is 2. The van der Waals surface area contributed by atoms with Crippen LogP contribution in [0.2, 0.25) is 5.02 Å². The monoisotopic (exact) mass is 283 g/mol. The van der Waals surface area contributed by atoms with Gasteiger partial charge in [-0.3, -0.25) is 0 Å². The first-order valence-electron chi connectivity index (χ1n) is 4.24. The van der Waals surface area contributed by atoms with Gasteiger partial charge in [0, 0.05) is 10.2 Å². The second kappa shape index (κ2) is 4.59. The van der Waals surface area contributed by atoms with E-state index in [4.69, 9.17) is 11.6 Å². The third-order valence-corrected chi connectivity index (χ3v) is 2.39. The van der Waals surface area contributed by atoms with Gasteiger partial charge in [-0.25, -0.2) is 9.97 Å². The maximum Gasteiger partial charge on any atom is 0.227 e. The van der Waals surface area contributed by atoms with Gasteiger partial charge in [0.15, 0.2) is 0 Å². The number of hydrogen-bond acceptors (Lipinski definition) is 3. The van der Waals surface area contributed by atoms with E-state index in [2.05, 4.69) is 31.2 Å². The molecule has 76 valence electrons. The average molecular weight is 285 g/mol. The summed E-state index contributed by atoms with van der Waals surface area (Å²) in [7, 11) is 0. The SMILES string of the molecule is Clc1cnc(Nc2cccc(Br)c2)nc1. The van der Waals surface area contributed by atoms with E-state index in [1.54, 1.807) is 12.4 Å². The Balaban J connectivity index is 2.18. The van der Waals surface area contributed by atoms with Crippen molar-refractivity contribution in [3.8, 4) is 0 Å². The Morgan fingerprint density at radius 1 is 1.20 bits per heavy atom. The van der Waals surface area contributed by atoms with Crippen LogP contribution in [0, 0.1) is 0 Å². The van der Waals surface area contributed by atoms with Gasteiger partial charge in [-0.05, 0) is 18.2 Å². The zero-order chi connectivity index (χ0) is 10.7. The van der Waals surface area contributed by atoms with Crippen LogP contribution in [0.5, 0.6) is 0 Å². The number of halogens is 2. The lowest BCUT2D eigenvalue weighted by Gasteiger charge is -2.04. The van der Waals surface area contributed by atoms with Gasteiger partial charge >= 0.3 is 0 Å². The van der Waals surface area contributed by atoms with Gasteiger partial charge in [0.25, 0.3) is 0 Å². The van der Waals surface area contributed by atoms with Gasteiger partial charge in [-0.1, -0.05) is 33.6 Å². The second-order valence-electron chi connectivity index (χ2n) is 2.86. The molecule has 2 aromatic rings. The number of rotatable bonds is 2. The first-order chi connectivity index (χ1) is 7.24. The van der Waals surface area contributed by atoms with Gasteiger partial charge in [0.1, 0.15) is 0 Å². The summed E-state index contributed by atoms with van der Waals surface area (Å²) < 4.78 is 1.00. The van der Waals surface area contributed by atoms with Crippen molar-refractivity contribution in [1.82, 2.24) is 9.97 Å². The zero-order valence-corrected chi connectivity index (χ0v) is 9.96. The molecule has 0 aliphatic rings. The Hall–Kier alpha value is -1.13. The predicted octanol–water partition coefficient (Wildman–Crippen LogP) is 3.64. The van der Waals surface area contributed by atoms with Crippen molar-refractivity contribution in [1.29, 1.82) is 0 Å². The van der Waals surface area contributed by atoms with Crippen LogP contribution in [-0.4, -0.2) is 9.97 Å². The van der Waals surface area contributed by atoms with E-state index in [1.165, 1.54) is 0 Å². The molecular weight excluding hydrogens is 277 g/mol. The molecule has 0 unspecified atom stereocenters. The van der Waals surface area contributed by atoms with Crippen LogP contribution in [0.25, 0.3) is 0 Å². The van der Waals surface area contributed by atoms with Crippen molar-refractivity contribution in [2.24, 2.45) is 0 Å². The predicted molar refractivity (Wildman–Crippen MR) is 64.5 cm³/mol. The molecule has 0 bridgehead atoms. The second-order valence-corrected chi connectivity index (χ2v) is 4.21. The zero-order valence-electron chi connectivity index (χ0n) is 7.61. The number of benzene rings is 1. The highest BCUT2D eigenvalue weighted by molar-refractivity contribution is 9.10. The smallest absolute Gasteiger partial charge is 0.227 e. The lowest BCUT2D eigenvalue weighted by molar-refractivity contribution is 1.17. The molecule has 0 aliphatic heterocycles. The highest BCUT2D eigenvalue weighted by Gasteiger charge is 1.97. The van der Waals surface area contributed by atoms with Crippen molar-refractivity contribution in [3.05, 3.63) is 46.2 Å². The Morgan fingerprint density at radius 2 is 1.93 bits per heavy atom. The highest BCUT2D eigenvalue weighted by atomic mass is 79.9. The largest absolute Gasteiger partial charge is 0.324 e. The van der Waals surface area contributed by atoms with Crippen molar-refractivity contribution in [2.45, 2.75) is 0 Å². The minimum absolute atomic E-state index is 0.523. The molecule has 0 spiro atoms. The molecule has 2 rings (SSSR count). The van der Waals surface area contributed by atoms with Gasteiger partial charge in [-0.2, -0.15) is 0 Å². The summed E-state index contributed by atoms with van der Waals surface area (Å²) in [5.41, 5.74) is 0.923. The summed E-state index contributed by atoms with van der Waals surface area (Å²) >= 11 is 9.06. The molecule has 1 N–H and O–H groups in total. The fraction of sp³-hybridized carbons (Fsp3) is 0. The number of nitrogens with one attached hydrogen (secondary N) is 1. The molecule has 0 aliphatic carbocycles. The van der Waals surface area contributed by atoms with Crippen LogP contribution in [0.1, 0.15) is 0 Å². The van der Waals surface area contributed by atoms with Crippen molar-refractivity contribution >= 4 is 39.2 Å². The van der Waals surface area contributed by atoms with Crippen LogP contribution >= 0.6 is 27.5 Å². The third-order valence-electron chi connectivity index (χ3n) is 1.70. The third kappa shape index (κ3) is 2.91. The molecule has 0 fully saturated rings. The fourth-order valence-electron chi connectivity index (χ4n) is 1.07. The summed E-state index contributed by atoms with van der Waals surface area (Å²) in [6, 6.07) is 7.76. The molecule has 15 heavy (non-hydrogen) atoms. The number of nitrogens with zero attached hydrogens (tertiary/aromatic N) is 2. The first-order valence-corrected chi connectivity index (χ1v) is 5.41. The van der Waals surface area contributed by atoms with E-state index in [-0.39, 0.29) is 0 Å². The molecule has 0 saturated heterocycles. The number of hydrogen-bond donors (Lipinski definition) is 1. The Bertz CT molecular complexity index is 458. The Labute approximate surface area is 101 Å². The Kier molecular flexibility index (Phi) is 3.18. The van der Waals surface area contributed by atoms with E-state index in [9.17, 15) is 0 Å². The normalized spacial score (nSPS) is 10.0. The average Bonchev–Trinajstić information content (AvgIpc) is 2.22. The van der Waals surface area contributed by atoms with Crippen LogP contribution < -0.4 is 5.32 Å². The molecule has 0 saturated carbocycles. The summed E-state index contributed by atoms with van der Waals surface area (Å²) in [4.78, 5) is 8.07. The van der Waals surface area contributed by atoms with Gasteiger partial charge in [0.05, 0.1) is 17.4 Å². The molecule has 1 aromatic heterocycles. The minimum Gasteiger partial charge on any atom is -0.324 e. The maximum atomic E-state index is 5.68. The maximum absolute atomic E-state index is 5.68.